The minimum Gasteiger partial charge on any atom is -0.438 e. The van der Waals surface area contributed by atoms with Gasteiger partial charge in [-0.3, -0.25) is 4.79 Å². The predicted octanol–water partition coefficient (Wildman–Crippen LogP) is 2.60. The lowest BCUT2D eigenvalue weighted by atomic mass is 9.91. The van der Waals surface area contributed by atoms with Gasteiger partial charge in [-0.2, -0.15) is 0 Å². The van der Waals surface area contributed by atoms with Crippen LogP contribution in [0.15, 0.2) is 0 Å². The molecule has 0 aromatic carbocycles. The molecule has 0 fully saturated rings. The second-order valence-electron chi connectivity index (χ2n) is 4.55. The van der Waals surface area contributed by atoms with E-state index in [1.807, 2.05) is 20.8 Å². The van der Waals surface area contributed by atoms with E-state index in [0.717, 1.165) is 6.42 Å². The van der Waals surface area contributed by atoms with E-state index in [2.05, 4.69) is 13.8 Å². The fourth-order valence-corrected chi connectivity index (χ4v) is 0.719. The predicted molar refractivity (Wildman–Crippen MR) is 55.8 cm³/mol. The molecule has 0 aliphatic heterocycles. The van der Waals surface area contributed by atoms with Crippen LogP contribution in [0.2, 0.25) is 0 Å². The van der Waals surface area contributed by atoms with Gasteiger partial charge < -0.3 is 9.47 Å². The van der Waals surface area contributed by atoms with Gasteiger partial charge in [-0.25, -0.2) is 0 Å². The molecule has 84 valence electrons. The Morgan fingerprint density at radius 3 is 2.36 bits per heavy atom. The minimum atomic E-state index is -0.402. The summed E-state index contributed by atoms with van der Waals surface area (Å²) >= 11 is 0. The highest BCUT2D eigenvalue weighted by Crippen LogP contribution is 2.21. The van der Waals surface area contributed by atoms with Gasteiger partial charge in [0.25, 0.3) is 0 Å². The number of carbonyl (C=O) groups excluding carboxylic acids is 1. The third-order valence-corrected chi connectivity index (χ3v) is 2.16. The first-order valence-electron chi connectivity index (χ1n) is 5.15. The molecule has 0 atom stereocenters. The Labute approximate surface area is 86.8 Å². The van der Waals surface area contributed by atoms with Crippen molar-refractivity contribution in [2.45, 2.75) is 41.0 Å². The Hall–Kier alpha value is -0.570. The van der Waals surface area contributed by atoms with E-state index in [-0.39, 0.29) is 12.8 Å². The summed E-state index contributed by atoms with van der Waals surface area (Å²) in [6.07, 6.45) is 0.774. The van der Waals surface area contributed by atoms with Crippen molar-refractivity contribution in [3.63, 3.8) is 0 Å². The van der Waals surface area contributed by atoms with Gasteiger partial charge in [0.2, 0.25) is 0 Å². The van der Waals surface area contributed by atoms with Gasteiger partial charge in [-0.05, 0) is 26.2 Å². The number of ether oxygens (including phenoxy) is 2. The van der Waals surface area contributed by atoms with Gasteiger partial charge in [0.05, 0.1) is 12.0 Å². The summed E-state index contributed by atoms with van der Waals surface area (Å²) < 4.78 is 10.1. The average molecular weight is 202 g/mol. The Bertz CT molecular complexity index is 173. The molecule has 3 heteroatoms. The highest BCUT2D eigenvalue weighted by Gasteiger charge is 2.26. The zero-order chi connectivity index (χ0) is 11.2. The average Bonchev–Trinajstić information content (AvgIpc) is 2.11. The van der Waals surface area contributed by atoms with E-state index in [9.17, 15) is 4.79 Å². The first kappa shape index (κ1) is 13.4. The summed E-state index contributed by atoms with van der Waals surface area (Å²) in [7, 11) is 0. The molecular weight excluding hydrogens is 180 g/mol. The quantitative estimate of drug-likeness (QED) is 0.377. The molecule has 0 unspecified atom stereocenters. The molecule has 0 amide bonds. The largest absolute Gasteiger partial charge is 0.438 e. The van der Waals surface area contributed by atoms with Crippen LogP contribution in [0.5, 0.6) is 0 Å². The molecule has 0 aliphatic rings. The van der Waals surface area contributed by atoms with E-state index in [1.54, 1.807) is 0 Å². The summed E-state index contributed by atoms with van der Waals surface area (Å²) in [5.41, 5.74) is -0.402. The number of esters is 1. The van der Waals surface area contributed by atoms with Crippen molar-refractivity contribution in [3.05, 3.63) is 0 Å². The smallest absolute Gasteiger partial charge is 0.313 e. The first-order chi connectivity index (χ1) is 6.40. The Balaban J connectivity index is 3.64. The van der Waals surface area contributed by atoms with Crippen LogP contribution in [0.25, 0.3) is 0 Å². The molecule has 0 spiro atoms. The summed E-state index contributed by atoms with van der Waals surface area (Å²) in [5, 5.41) is 0. The summed E-state index contributed by atoms with van der Waals surface area (Å²) in [4.78, 5) is 11.4. The topological polar surface area (TPSA) is 35.5 Å². The molecular formula is C11H22O3. The minimum absolute atomic E-state index is 0.0699. The molecule has 0 N–H and O–H groups in total. The maximum absolute atomic E-state index is 11.4. The normalized spacial score (nSPS) is 11.9. The van der Waals surface area contributed by atoms with Crippen molar-refractivity contribution in [1.29, 1.82) is 0 Å². The molecule has 14 heavy (non-hydrogen) atoms. The number of rotatable bonds is 6. The van der Waals surface area contributed by atoms with Crippen molar-refractivity contribution in [3.8, 4) is 0 Å². The van der Waals surface area contributed by atoms with Gasteiger partial charge in [0.1, 0.15) is 0 Å². The molecule has 0 saturated heterocycles. The molecule has 0 aromatic rings. The molecule has 0 rings (SSSR count). The number of carbonyl (C=O) groups is 1. The fourth-order valence-electron chi connectivity index (χ4n) is 0.719. The summed E-state index contributed by atoms with van der Waals surface area (Å²) in [6.45, 7) is 10.5. The molecule has 0 heterocycles. The van der Waals surface area contributed by atoms with E-state index >= 15 is 0 Å². The van der Waals surface area contributed by atoms with Crippen LogP contribution in [0.4, 0.5) is 0 Å². The van der Waals surface area contributed by atoms with Gasteiger partial charge in [0, 0.05) is 0 Å². The van der Waals surface area contributed by atoms with E-state index < -0.39 is 5.41 Å². The Morgan fingerprint density at radius 1 is 1.36 bits per heavy atom. The third kappa shape index (κ3) is 5.22. The van der Waals surface area contributed by atoms with Gasteiger partial charge >= 0.3 is 5.97 Å². The summed E-state index contributed by atoms with van der Waals surface area (Å²) in [5.74, 6) is 0.275. The van der Waals surface area contributed by atoms with Crippen LogP contribution in [-0.4, -0.2) is 19.4 Å². The lowest BCUT2D eigenvalue weighted by molar-refractivity contribution is -0.167. The first-order valence-corrected chi connectivity index (χ1v) is 5.15. The Morgan fingerprint density at radius 2 is 1.93 bits per heavy atom. The lowest BCUT2D eigenvalue weighted by Crippen LogP contribution is -2.26. The van der Waals surface area contributed by atoms with Crippen LogP contribution in [-0.2, 0) is 14.3 Å². The van der Waals surface area contributed by atoms with Crippen molar-refractivity contribution < 1.29 is 14.3 Å². The standard InChI is InChI=1S/C11H22O3/c1-6-11(4,5)10(12)14-8-13-7-9(2)3/h9H,6-8H2,1-5H3. The zero-order valence-electron chi connectivity index (χ0n) is 9.92. The zero-order valence-corrected chi connectivity index (χ0v) is 9.92. The molecule has 0 radical (unpaired) electrons. The highest BCUT2D eigenvalue weighted by atomic mass is 16.7. The van der Waals surface area contributed by atoms with Gasteiger partial charge in [-0.1, -0.05) is 20.8 Å². The fraction of sp³-hybridized carbons (Fsp3) is 0.909. The maximum atomic E-state index is 11.4. The second kappa shape index (κ2) is 6.02. The molecule has 3 nitrogen and oxygen atoms in total. The molecule has 0 bridgehead atoms. The van der Waals surface area contributed by atoms with Crippen LogP contribution in [0, 0.1) is 11.3 Å². The SMILES string of the molecule is CCC(C)(C)C(=O)OCOCC(C)C. The van der Waals surface area contributed by atoms with Crippen LogP contribution >= 0.6 is 0 Å². The highest BCUT2D eigenvalue weighted by molar-refractivity contribution is 5.75. The van der Waals surface area contributed by atoms with Crippen LogP contribution in [0.3, 0.4) is 0 Å². The third-order valence-electron chi connectivity index (χ3n) is 2.16. The number of hydrogen-bond donors (Lipinski definition) is 0. The maximum Gasteiger partial charge on any atom is 0.313 e. The van der Waals surface area contributed by atoms with Crippen molar-refractivity contribution >= 4 is 5.97 Å². The van der Waals surface area contributed by atoms with Gasteiger partial charge in [-0.15, -0.1) is 0 Å². The summed E-state index contributed by atoms with van der Waals surface area (Å²) in [6, 6.07) is 0. The second-order valence-corrected chi connectivity index (χ2v) is 4.55. The van der Waals surface area contributed by atoms with Crippen molar-refractivity contribution in [1.82, 2.24) is 0 Å². The van der Waals surface area contributed by atoms with Gasteiger partial charge in [0.15, 0.2) is 6.79 Å². The molecule has 0 aromatic heterocycles. The van der Waals surface area contributed by atoms with Crippen molar-refractivity contribution in [2.24, 2.45) is 11.3 Å². The van der Waals surface area contributed by atoms with E-state index in [1.165, 1.54) is 0 Å². The molecule has 0 aliphatic carbocycles. The van der Waals surface area contributed by atoms with E-state index in [0.29, 0.717) is 12.5 Å². The number of hydrogen-bond acceptors (Lipinski definition) is 3. The van der Waals surface area contributed by atoms with E-state index in [4.69, 9.17) is 9.47 Å². The monoisotopic (exact) mass is 202 g/mol. The lowest BCUT2D eigenvalue weighted by Gasteiger charge is -2.20. The van der Waals surface area contributed by atoms with Crippen LogP contribution in [0.1, 0.15) is 41.0 Å². The van der Waals surface area contributed by atoms with Crippen molar-refractivity contribution in [2.75, 3.05) is 13.4 Å². The Kier molecular flexibility index (Phi) is 5.77. The van der Waals surface area contributed by atoms with Crippen LogP contribution < -0.4 is 0 Å². The molecule has 0 saturated carbocycles.